The van der Waals surface area contributed by atoms with E-state index in [2.05, 4.69) is 6.07 Å². The summed E-state index contributed by atoms with van der Waals surface area (Å²) in [6.07, 6.45) is 0.483. The van der Waals surface area contributed by atoms with Crippen molar-refractivity contribution in [2.24, 2.45) is 0 Å². The number of hydrogen-bond donors (Lipinski definition) is 0. The van der Waals surface area contributed by atoms with E-state index in [1.807, 2.05) is 0 Å². The molecule has 0 aliphatic carbocycles. The summed E-state index contributed by atoms with van der Waals surface area (Å²) in [7, 11) is 0. The molecule has 0 saturated carbocycles. The molecule has 0 aliphatic rings. The van der Waals surface area contributed by atoms with Crippen molar-refractivity contribution in [2.45, 2.75) is 12.3 Å². The van der Waals surface area contributed by atoms with E-state index in [1.165, 1.54) is 0 Å². The van der Waals surface area contributed by atoms with Gasteiger partial charge < -0.3 is 4.74 Å². The zero-order valence-electron chi connectivity index (χ0n) is 11.3. The van der Waals surface area contributed by atoms with Crippen LogP contribution in [0, 0.1) is 11.3 Å². The van der Waals surface area contributed by atoms with Gasteiger partial charge in [-0.2, -0.15) is 5.26 Å². The highest BCUT2D eigenvalue weighted by molar-refractivity contribution is 6.35. The van der Waals surface area contributed by atoms with E-state index in [1.54, 1.807) is 36.4 Å². The van der Waals surface area contributed by atoms with Crippen LogP contribution in [0.2, 0.25) is 20.1 Å². The van der Waals surface area contributed by atoms with Gasteiger partial charge in [0.2, 0.25) is 0 Å². The average molecular weight is 375 g/mol. The van der Waals surface area contributed by atoms with E-state index in [4.69, 9.17) is 51.1 Å². The van der Waals surface area contributed by atoms with E-state index in [0.717, 1.165) is 5.56 Å². The predicted octanol–water partition coefficient (Wildman–Crippen LogP) is 6.38. The Morgan fingerprint density at radius 3 is 2.18 bits per heavy atom. The fraction of sp³-hybridized carbons (Fsp3) is 0.188. The average Bonchev–Trinajstić information content (AvgIpc) is 2.46. The first-order chi connectivity index (χ1) is 10.5. The molecule has 0 aromatic heterocycles. The first-order valence-electron chi connectivity index (χ1n) is 6.43. The first kappa shape index (κ1) is 17.2. The molecular formula is C16H11Cl4NO. The quantitative estimate of drug-likeness (QED) is 0.608. The van der Waals surface area contributed by atoms with Crippen molar-refractivity contribution in [1.82, 2.24) is 0 Å². The van der Waals surface area contributed by atoms with Gasteiger partial charge in [-0.3, -0.25) is 0 Å². The molecule has 0 spiro atoms. The lowest BCUT2D eigenvalue weighted by Crippen LogP contribution is -2.05. The summed E-state index contributed by atoms with van der Waals surface area (Å²) in [5.74, 6) is 0.154. The third-order valence-corrected chi connectivity index (χ3v) is 4.14. The molecule has 0 heterocycles. The molecule has 0 aliphatic heterocycles. The highest BCUT2D eigenvalue weighted by Crippen LogP contribution is 2.31. The van der Waals surface area contributed by atoms with Gasteiger partial charge in [-0.15, -0.1) is 0 Å². The zero-order chi connectivity index (χ0) is 16.1. The Balaban J connectivity index is 2.01. The van der Waals surface area contributed by atoms with Crippen LogP contribution in [0.3, 0.4) is 0 Å². The first-order valence-corrected chi connectivity index (χ1v) is 7.95. The fourth-order valence-electron chi connectivity index (χ4n) is 1.95. The lowest BCUT2D eigenvalue weighted by Gasteiger charge is -2.13. The molecule has 2 nitrogen and oxygen atoms in total. The summed E-state index contributed by atoms with van der Waals surface area (Å²) < 4.78 is 5.60. The smallest absolute Gasteiger partial charge is 0.137 e. The van der Waals surface area contributed by atoms with Gasteiger partial charge in [-0.05, 0) is 35.9 Å². The van der Waals surface area contributed by atoms with Crippen LogP contribution in [-0.2, 0) is 0 Å². The van der Waals surface area contributed by atoms with Gasteiger partial charge in [-0.1, -0.05) is 52.5 Å². The number of ether oxygens (including phenoxy) is 1. The van der Waals surface area contributed by atoms with E-state index < -0.39 is 0 Å². The van der Waals surface area contributed by atoms with Crippen molar-refractivity contribution in [1.29, 1.82) is 5.26 Å². The lowest BCUT2D eigenvalue weighted by molar-refractivity contribution is 0.306. The van der Waals surface area contributed by atoms with E-state index >= 15 is 0 Å². The van der Waals surface area contributed by atoms with Crippen LogP contribution in [0.25, 0.3) is 0 Å². The summed E-state index contributed by atoms with van der Waals surface area (Å²) in [5.41, 5.74) is 0.736. The number of halogens is 4. The summed E-state index contributed by atoms with van der Waals surface area (Å²) in [6, 6.07) is 12.3. The molecule has 2 aromatic carbocycles. The Bertz CT molecular complexity index is 712. The van der Waals surface area contributed by atoms with Crippen molar-refractivity contribution in [3.05, 3.63) is 62.1 Å². The maximum Gasteiger partial charge on any atom is 0.137 e. The number of nitrogens with zero attached hydrogens (tertiary/aromatic N) is 1. The van der Waals surface area contributed by atoms with Crippen LogP contribution >= 0.6 is 46.4 Å². The second-order valence-electron chi connectivity index (χ2n) is 4.56. The topological polar surface area (TPSA) is 33.0 Å². The molecule has 1 atom stereocenters. The summed E-state index contributed by atoms with van der Waals surface area (Å²) in [5, 5.41) is 11.3. The Morgan fingerprint density at radius 2 is 1.59 bits per heavy atom. The van der Waals surface area contributed by atoms with Crippen LogP contribution in [0.4, 0.5) is 0 Å². The van der Waals surface area contributed by atoms with Gasteiger partial charge in [0.1, 0.15) is 5.75 Å². The van der Waals surface area contributed by atoms with Crippen LogP contribution in [0.15, 0.2) is 36.4 Å². The molecular weight excluding hydrogens is 364 g/mol. The monoisotopic (exact) mass is 373 g/mol. The maximum absolute atomic E-state index is 9.32. The third-order valence-electron chi connectivity index (χ3n) is 3.05. The molecule has 0 N–H and O–H groups in total. The van der Waals surface area contributed by atoms with Gasteiger partial charge in [0.05, 0.1) is 23.6 Å². The van der Waals surface area contributed by atoms with Crippen molar-refractivity contribution in [3.8, 4) is 11.8 Å². The number of hydrogen-bond acceptors (Lipinski definition) is 2. The maximum atomic E-state index is 9.32. The van der Waals surface area contributed by atoms with Gasteiger partial charge in [-0.25, -0.2) is 0 Å². The van der Waals surface area contributed by atoms with Gasteiger partial charge >= 0.3 is 0 Å². The van der Waals surface area contributed by atoms with Crippen molar-refractivity contribution >= 4 is 46.4 Å². The molecule has 0 unspecified atom stereocenters. The van der Waals surface area contributed by atoms with Crippen LogP contribution in [-0.4, -0.2) is 6.61 Å². The number of rotatable bonds is 5. The van der Waals surface area contributed by atoms with Crippen LogP contribution < -0.4 is 4.74 Å². The van der Waals surface area contributed by atoms with Crippen LogP contribution in [0.1, 0.15) is 17.9 Å². The summed E-state index contributed by atoms with van der Waals surface area (Å²) >= 11 is 23.8. The number of nitriles is 1. The standard InChI is InChI=1S/C16H11Cl4NO/c17-11-1-3-13(14(19)7-11)10(9-21)5-6-22-16-4-2-12(18)8-15(16)20/h1-4,7-8,10H,5-6H2/t10-/m0/s1. The second kappa shape index (κ2) is 7.94. The Labute approximate surface area is 149 Å². The molecule has 6 heteroatoms. The van der Waals surface area contributed by atoms with Crippen LogP contribution in [0.5, 0.6) is 5.75 Å². The molecule has 0 saturated heterocycles. The van der Waals surface area contributed by atoms with E-state index in [9.17, 15) is 5.26 Å². The largest absolute Gasteiger partial charge is 0.492 e. The molecule has 2 aromatic rings. The predicted molar refractivity (Wildman–Crippen MR) is 91.4 cm³/mol. The van der Waals surface area contributed by atoms with E-state index in [0.29, 0.717) is 38.9 Å². The van der Waals surface area contributed by atoms with Crippen molar-refractivity contribution < 1.29 is 4.74 Å². The van der Waals surface area contributed by atoms with Crippen molar-refractivity contribution in [2.75, 3.05) is 6.61 Å². The second-order valence-corrected chi connectivity index (χ2v) is 6.25. The van der Waals surface area contributed by atoms with Gasteiger partial charge in [0, 0.05) is 21.5 Å². The minimum atomic E-state index is -0.379. The molecule has 0 fully saturated rings. The third kappa shape index (κ3) is 4.44. The van der Waals surface area contributed by atoms with Gasteiger partial charge in [0.15, 0.2) is 0 Å². The molecule has 0 bridgehead atoms. The lowest BCUT2D eigenvalue weighted by atomic mass is 9.97. The highest BCUT2D eigenvalue weighted by atomic mass is 35.5. The molecule has 22 heavy (non-hydrogen) atoms. The molecule has 2 rings (SSSR count). The zero-order valence-corrected chi connectivity index (χ0v) is 14.3. The molecule has 0 amide bonds. The van der Waals surface area contributed by atoms with E-state index in [-0.39, 0.29) is 5.92 Å². The fourth-order valence-corrected chi connectivity index (χ4v) is 2.96. The highest BCUT2D eigenvalue weighted by Gasteiger charge is 2.15. The Hall–Kier alpha value is -1.11. The SMILES string of the molecule is N#C[C@H](CCOc1ccc(Cl)cc1Cl)c1ccc(Cl)cc1Cl. The van der Waals surface area contributed by atoms with Crippen molar-refractivity contribution in [3.63, 3.8) is 0 Å². The summed E-state index contributed by atoms with van der Waals surface area (Å²) in [4.78, 5) is 0. The molecule has 0 radical (unpaired) electrons. The minimum absolute atomic E-state index is 0.332. The molecule has 114 valence electrons. The Morgan fingerprint density at radius 1 is 0.955 bits per heavy atom. The minimum Gasteiger partial charge on any atom is -0.492 e. The number of benzene rings is 2. The Kier molecular flexibility index (Phi) is 6.23. The summed E-state index contributed by atoms with van der Waals surface area (Å²) in [6.45, 7) is 0.332. The van der Waals surface area contributed by atoms with Gasteiger partial charge in [0.25, 0.3) is 0 Å². The normalized spacial score (nSPS) is 11.8.